The zero-order chi connectivity index (χ0) is 13.3. The number of nitrogens with zero attached hydrogens (tertiary/aromatic N) is 2. The fourth-order valence-corrected chi connectivity index (χ4v) is 1.88. The van der Waals surface area contributed by atoms with Crippen molar-refractivity contribution in [2.24, 2.45) is 7.05 Å². The van der Waals surface area contributed by atoms with Crippen LogP contribution < -0.4 is 5.73 Å². The van der Waals surface area contributed by atoms with E-state index in [9.17, 15) is 8.78 Å². The van der Waals surface area contributed by atoms with Crippen molar-refractivity contribution in [1.29, 1.82) is 0 Å². The maximum atomic E-state index is 13.7. The number of imidazole rings is 1. The van der Waals surface area contributed by atoms with Crippen molar-refractivity contribution in [2.75, 3.05) is 5.73 Å². The monoisotopic (exact) mass is 251 g/mol. The zero-order valence-electron chi connectivity index (χ0n) is 10.4. The van der Waals surface area contributed by atoms with Crippen LogP contribution in [0.25, 0.3) is 11.3 Å². The predicted molar refractivity (Wildman–Crippen MR) is 67.0 cm³/mol. The number of benzene rings is 1. The van der Waals surface area contributed by atoms with Crippen molar-refractivity contribution < 1.29 is 8.78 Å². The van der Waals surface area contributed by atoms with Crippen LogP contribution in [0, 0.1) is 11.6 Å². The van der Waals surface area contributed by atoms with E-state index in [1.165, 1.54) is 0 Å². The van der Waals surface area contributed by atoms with Gasteiger partial charge in [0, 0.05) is 19.0 Å². The Labute approximate surface area is 104 Å². The Morgan fingerprint density at radius 1 is 1.33 bits per heavy atom. The summed E-state index contributed by atoms with van der Waals surface area (Å²) in [6.07, 6.45) is 1.66. The average molecular weight is 251 g/mol. The quantitative estimate of drug-likeness (QED) is 0.911. The number of hydrogen-bond donors (Lipinski definition) is 1. The molecule has 1 heterocycles. The Balaban J connectivity index is 2.57. The lowest BCUT2D eigenvalue weighted by molar-refractivity contribution is 0.603. The number of aryl methyl sites for hydroxylation is 1. The molecular formula is C13H15F2N3. The van der Waals surface area contributed by atoms with Crippen molar-refractivity contribution >= 4 is 5.82 Å². The molecule has 0 bridgehead atoms. The Bertz CT molecular complexity index is 576. The lowest BCUT2D eigenvalue weighted by atomic mass is 10.1. The summed E-state index contributed by atoms with van der Waals surface area (Å²) in [4.78, 5) is 4.30. The Hall–Kier alpha value is -1.91. The highest BCUT2D eigenvalue weighted by molar-refractivity contribution is 5.71. The molecular weight excluding hydrogens is 236 g/mol. The summed E-state index contributed by atoms with van der Waals surface area (Å²) in [6, 6.07) is 3.27. The van der Waals surface area contributed by atoms with Crippen molar-refractivity contribution in [3.63, 3.8) is 0 Å². The Kier molecular flexibility index (Phi) is 3.32. The third kappa shape index (κ3) is 2.08. The SMILES string of the molecule is CCCc1nc(-c2cc(F)ccc2F)c(N)n1C. The number of anilines is 1. The molecule has 5 heteroatoms. The van der Waals surface area contributed by atoms with Gasteiger partial charge in [0.1, 0.15) is 29.0 Å². The molecule has 0 unspecified atom stereocenters. The molecule has 2 aromatic rings. The lowest BCUT2D eigenvalue weighted by Crippen LogP contribution is -2.01. The molecule has 0 aliphatic carbocycles. The van der Waals surface area contributed by atoms with E-state index in [0.717, 1.165) is 36.9 Å². The third-order valence-electron chi connectivity index (χ3n) is 2.89. The van der Waals surface area contributed by atoms with Crippen LogP contribution >= 0.6 is 0 Å². The molecule has 0 saturated heterocycles. The van der Waals surface area contributed by atoms with Crippen LogP contribution in [0.4, 0.5) is 14.6 Å². The van der Waals surface area contributed by atoms with Gasteiger partial charge in [-0.25, -0.2) is 13.8 Å². The molecule has 0 amide bonds. The molecule has 0 aliphatic rings. The fourth-order valence-electron chi connectivity index (χ4n) is 1.88. The topological polar surface area (TPSA) is 43.8 Å². The van der Waals surface area contributed by atoms with Crippen molar-refractivity contribution in [3.05, 3.63) is 35.7 Å². The van der Waals surface area contributed by atoms with E-state index in [2.05, 4.69) is 4.98 Å². The van der Waals surface area contributed by atoms with Crippen LogP contribution in [0.3, 0.4) is 0 Å². The van der Waals surface area contributed by atoms with Crippen LogP contribution in [0.5, 0.6) is 0 Å². The van der Waals surface area contributed by atoms with Gasteiger partial charge in [0.05, 0.1) is 0 Å². The molecule has 0 spiro atoms. The second-order valence-corrected chi connectivity index (χ2v) is 4.20. The minimum Gasteiger partial charge on any atom is -0.383 e. The van der Waals surface area contributed by atoms with E-state index in [4.69, 9.17) is 5.73 Å². The molecule has 1 aromatic carbocycles. The minimum atomic E-state index is -0.524. The van der Waals surface area contributed by atoms with Crippen LogP contribution in [-0.2, 0) is 13.5 Å². The van der Waals surface area contributed by atoms with E-state index in [1.807, 2.05) is 6.92 Å². The lowest BCUT2D eigenvalue weighted by Gasteiger charge is -2.02. The summed E-state index contributed by atoms with van der Waals surface area (Å²) in [7, 11) is 1.77. The Morgan fingerprint density at radius 3 is 2.72 bits per heavy atom. The van der Waals surface area contributed by atoms with Crippen LogP contribution in [0.1, 0.15) is 19.2 Å². The van der Waals surface area contributed by atoms with Gasteiger partial charge in [0.25, 0.3) is 0 Å². The second-order valence-electron chi connectivity index (χ2n) is 4.20. The van der Waals surface area contributed by atoms with Gasteiger partial charge < -0.3 is 10.3 Å². The van der Waals surface area contributed by atoms with Crippen molar-refractivity contribution in [2.45, 2.75) is 19.8 Å². The molecule has 2 rings (SSSR count). The van der Waals surface area contributed by atoms with Gasteiger partial charge in [0.2, 0.25) is 0 Å². The largest absolute Gasteiger partial charge is 0.383 e. The summed E-state index contributed by atoms with van der Waals surface area (Å²) < 4.78 is 28.6. The molecule has 0 aliphatic heterocycles. The highest BCUT2D eigenvalue weighted by Gasteiger charge is 2.17. The maximum Gasteiger partial charge on any atom is 0.132 e. The number of nitrogen functional groups attached to an aromatic ring is 1. The van der Waals surface area contributed by atoms with Crippen molar-refractivity contribution in [3.8, 4) is 11.3 Å². The number of aromatic nitrogens is 2. The first-order chi connectivity index (χ1) is 8.54. The molecule has 3 nitrogen and oxygen atoms in total. The number of hydrogen-bond acceptors (Lipinski definition) is 2. The third-order valence-corrected chi connectivity index (χ3v) is 2.89. The zero-order valence-corrected chi connectivity index (χ0v) is 10.4. The first-order valence-corrected chi connectivity index (χ1v) is 5.81. The highest BCUT2D eigenvalue weighted by atomic mass is 19.1. The summed E-state index contributed by atoms with van der Waals surface area (Å²) in [5.74, 6) is 0.0920. The first-order valence-electron chi connectivity index (χ1n) is 5.81. The van der Waals surface area contributed by atoms with Gasteiger partial charge in [-0.05, 0) is 24.6 Å². The van der Waals surface area contributed by atoms with E-state index >= 15 is 0 Å². The van der Waals surface area contributed by atoms with Gasteiger partial charge in [-0.1, -0.05) is 6.92 Å². The summed E-state index contributed by atoms with van der Waals surface area (Å²) in [5, 5.41) is 0. The second kappa shape index (κ2) is 4.76. The van der Waals surface area contributed by atoms with E-state index in [0.29, 0.717) is 11.5 Å². The van der Waals surface area contributed by atoms with Crippen LogP contribution in [0.2, 0.25) is 0 Å². The van der Waals surface area contributed by atoms with Gasteiger partial charge in [-0.3, -0.25) is 0 Å². The molecule has 0 radical (unpaired) electrons. The molecule has 0 saturated carbocycles. The van der Waals surface area contributed by atoms with Gasteiger partial charge in [-0.15, -0.1) is 0 Å². The average Bonchev–Trinajstić information content (AvgIpc) is 2.61. The van der Waals surface area contributed by atoms with E-state index in [1.54, 1.807) is 11.6 Å². The standard InChI is InChI=1S/C13H15F2N3/c1-3-4-11-17-12(13(16)18(11)2)9-7-8(14)5-6-10(9)15/h5-7H,3-4,16H2,1-2H3. The molecule has 96 valence electrons. The Morgan fingerprint density at radius 2 is 2.06 bits per heavy atom. The molecule has 18 heavy (non-hydrogen) atoms. The summed E-state index contributed by atoms with van der Waals surface area (Å²) in [6.45, 7) is 2.02. The van der Waals surface area contributed by atoms with E-state index in [-0.39, 0.29) is 5.56 Å². The van der Waals surface area contributed by atoms with Crippen molar-refractivity contribution in [1.82, 2.24) is 9.55 Å². The van der Waals surface area contributed by atoms with Crippen LogP contribution in [0.15, 0.2) is 18.2 Å². The van der Waals surface area contributed by atoms with Crippen LogP contribution in [-0.4, -0.2) is 9.55 Å². The molecule has 0 fully saturated rings. The molecule has 2 N–H and O–H groups in total. The summed E-state index contributed by atoms with van der Waals surface area (Å²) in [5.41, 5.74) is 6.30. The van der Waals surface area contributed by atoms with Gasteiger partial charge >= 0.3 is 0 Å². The summed E-state index contributed by atoms with van der Waals surface area (Å²) >= 11 is 0. The minimum absolute atomic E-state index is 0.102. The molecule has 0 atom stereocenters. The number of nitrogens with two attached hydrogens (primary N) is 1. The number of rotatable bonds is 3. The molecule has 1 aromatic heterocycles. The van der Waals surface area contributed by atoms with Gasteiger partial charge in [-0.2, -0.15) is 0 Å². The fraction of sp³-hybridized carbons (Fsp3) is 0.308. The van der Waals surface area contributed by atoms with E-state index < -0.39 is 11.6 Å². The van der Waals surface area contributed by atoms with Gasteiger partial charge in [0.15, 0.2) is 0 Å². The number of halogens is 2. The smallest absolute Gasteiger partial charge is 0.132 e. The first kappa shape index (κ1) is 12.5. The maximum absolute atomic E-state index is 13.7. The normalized spacial score (nSPS) is 10.9. The highest BCUT2D eigenvalue weighted by Crippen LogP contribution is 2.28. The predicted octanol–water partition coefficient (Wildman–Crippen LogP) is 2.90.